The molecule has 2 amide bonds. The Balaban J connectivity index is 1.30. The summed E-state index contributed by atoms with van der Waals surface area (Å²) in [5, 5.41) is 14.0. The van der Waals surface area contributed by atoms with Crippen molar-refractivity contribution < 1.29 is 13.9 Å². The Bertz CT molecular complexity index is 1350. The van der Waals surface area contributed by atoms with Crippen LogP contribution in [0.4, 0.5) is 14.9 Å². The van der Waals surface area contributed by atoms with Gasteiger partial charge in [0.15, 0.2) is 11.6 Å². The van der Waals surface area contributed by atoms with E-state index in [9.17, 15) is 9.18 Å². The van der Waals surface area contributed by atoms with Crippen molar-refractivity contribution in [2.45, 2.75) is 31.8 Å². The van der Waals surface area contributed by atoms with Gasteiger partial charge in [0.25, 0.3) is 0 Å². The Labute approximate surface area is 205 Å². The molecule has 182 valence electrons. The van der Waals surface area contributed by atoms with E-state index in [1.54, 1.807) is 18.3 Å². The summed E-state index contributed by atoms with van der Waals surface area (Å²) in [5.74, 6) is -0.0141. The van der Waals surface area contributed by atoms with E-state index in [2.05, 4.69) is 30.8 Å². The lowest BCUT2D eigenvalue weighted by molar-refractivity contribution is 0.251. The van der Waals surface area contributed by atoms with Crippen LogP contribution in [0.2, 0.25) is 0 Å². The van der Waals surface area contributed by atoms with E-state index in [-0.39, 0.29) is 17.8 Å². The van der Waals surface area contributed by atoms with Crippen LogP contribution >= 0.6 is 11.3 Å². The van der Waals surface area contributed by atoms with Gasteiger partial charge in [-0.25, -0.2) is 9.18 Å². The minimum Gasteiger partial charge on any atom is -0.453 e. The molecule has 1 saturated carbocycles. The van der Waals surface area contributed by atoms with E-state index in [1.165, 1.54) is 23.5 Å². The molecule has 11 heteroatoms. The number of fused-ring (bicyclic) bond motifs is 1. The summed E-state index contributed by atoms with van der Waals surface area (Å²) in [7, 11) is 4.09. The molecular formula is C24H26FN7O2S. The van der Waals surface area contributed by atoms with Crippen LogP contribution in [0.15, 0.2) is 42.7 Å². The highest BCUT2D eigenvalue weighted by molar-refractivity contribution is 7.22. The van der Waals surface area contributed by atoms with E-state index >= 15 is 0 Å². The number of ether oxygens (including phenoxy) is 1. The number of benzene rings is 1. The Morgan fingerprint density at radius 3 is 2.89 bits per heavy atom. The number of halogens is 1. The van der Waals surface area contributed by atoms with Crippen molar-refractivity contribution in [3.05, 3.63) is 48.5 Å². The maximum atomic E-state index is 14.8. The average molecular weight is 496 g/mol. The highest BCUT2D eigenvalue weighted by atomic mass is 32.1. The molecule has 2 N–H and O–H groups in total. The lowest BCUT2D eigenvalue weighted by Crippen LogP contribution is -2.30. The van der Waals surface area contributed by atoms with Gasteiger partial charge in [0, 0.05) is 36.6 Å². The molecular weight excluding hydrogens is 469 g/mol. The van der Waals surface area contributed by atoms with E-state index in [4.69, 9.17) is 4.74 Å². The maximum absolute atomic E-state index is 14.8. The predicted molar refractivity (Wildman–Crippen MR) is 133 cm³/mol. The van der Waals surface area contributed by atoms with E-state index < -0.39 is 5.82 Å². The Kier molecular flexibility index (Phi) is 6.60. The smallest absolute Gasteiger partial charge is 0.319 e. The van der Waals surface area contributed by atoms with Crippen LogP contribution in [0, 0.1) is 5.82 Å². The van der Waals surface area contributed by atoms with Crippen LogP contribution in [-0.2, 0) is 6.54 Å². The van der Waals surface area contributed by atoms with Crippen molar-refractivity contribution in [1.82, 2.24) is 30.2 Å². The number of thiophene rings is 1. The Hall–Kier alpha value is -3.57. The van der Waals surface area contributed by atoms with Crippen LogP contribution in [0.5, 0.6) is 11.5 Å². The number of amides is 2. The number of anilines is 1. The van der Waals surface area contributed by atoms with Gasteiger partial charge < -0.3 is 20.3 Å². The number of hydrogen-bond acceptors (Lipinski definition) is 7. The van der Waals surface area contributed by atoms with Gasteiger partial charge in [-0.3, -0.25) is 9.67 Å². The summed E-state index contributed by atoms with van der Waals surface area (Å²) in [4.78, 5) is 19.4. The Morgan fingerprint density at radius 1 is 1.26 bits per heavy atom. The first-order chi connectivity index (χ1) is 16.9. The van der Waals surface area contributed by atoms with Gasteiger partial charge in [0.2, 0.25) is 0 Å². The van der Waals surface area contributed by atoms with Crippen LogP contribution in [0.1, 0.15) is 19.3 Å². The summed E-state index contributed by atoms with van der Waals surface area (Å²) in [6, 6.07) is 7.88. The number of nitrogens with one attached hydrogen (secondary N) is 2. The van der Waals surface area contributed by atoms with Crippen molar-refractivity contribution in [1.29, 1.82) is 0 Å². The molecule has 5 rings (SSSR count). The van der Waals surface area contributed by atoms with Crippen LogP contribution in [0.3, 0.4) is 0 Å². The second kappa shape index (κ2) is 9.96. The predicted octanol–water partition coefficient (Wildman–Crippen LogP) is 4.72. The summed E-state index contributed by atoms with van der Waals surface area (Å²) < 4.78 is 23.3. The van der Waals surface area contributed by atoms with Gasteiger partial charge in [-0.1, -0.05) is 5.21 Å². The fraction of sp³-hybridized carbons (Fsp3) is 0.333. The lowest BCUT2D eigenvalue weighted by atomic mass is 10.3. The fourth-order valence-electron chi connectivity index (χ4n) is 3.55. The van der Waals surface area contributed by atoms with E-state index in [0.29, 0.717) is 11.4 Å². The number of carbonyl (C=O) groups excluding carboxylic acids is 1. The number of hydrogen-bond donors (Lipinski definition) is 2. The number of aryl methyl sites for hydroxylation is 1. The first kappa shape index (κ1) is 23.2. The van der Waals surface area contributed by atoms with E-state index in [0.717, 1.165) is 53.1 Å². The molecule has 9 nitrogen and oxygen atoms in total. The molecule has 3 aromatic heterocycles. The van der Waals surface area contributed by atoms with Crippen LogP contribution in [-0.4, -0.2) is 57.6 Å². The quantitative estimate of drug-likeness (QED) is 0.349. The number of aromatic nitrogens is 4. The van der Waals surface area contributed by atoms with Crippen LogP contribution < -0.4 is 15.4 Å². The third-order valence-corrected chi connectivity index (χ3v) is 6.64. The fourth-order valence-corrected chi connectivity index (χ4v) is 4.57. The molecule has 1 fully saturated rings. The second-order valence-corrected chi connectivity index (χ2v) is 9.83. The number of urea groups is 1. The minimum absolute atomic E-state index is 0.0624. The van der Waals surface area contributed by atoms with Gasteiger partial charge >= 0.3 is 6.03 Å². The molecule has 0 radical (unpaired) electrons. The number of carbonyl (C=O) groups is 1. The minimum atomic E-state index is -0.573. The largest absolute Gasteiger partial charge is 0.453 e. The molecule has 1 aliphatic rings. The van der Waals surface area contributed by atoms with Gasteiger partial charge in [0.1, 0.15) is 11.4 Å². The first-order valence-corrected chi connectivity index (χ1v) is 12.2. The molecule has 0 atom stereocenters. The molecule has 1 aromatic carbocycles. The van der Waals surface area contributed by atoms with E-state index in [1.807, 2.05) is 31.0 Å². The van der Waals surface area contributed by atoms with Gasteiger partial charge in [0.05, 0.1) is 21.3 Å². The molecule has 3 heterocycles. The first-order valence-electron chi connectivity index (χ1n) is 11.4. The lowest BCUT2D eigenvalue weighted by Gasteiger charge is -2.10. The monoisotopic (exact) mass is 495 g/mol. The zero-order valence-corrected chi connectivity index (χ0v) is 20.3. The Morgan fingerprint density at radius 2 is 2.11 bits per heavy atom. The maximum Gasteiger partial charge on any atom is 0.319 e. The normalized spacial score (nSPS) is 13.4. The highest BCUT2D eigenvalue weighted by Gasteiger charge is 2.23. The molecule has 0 unspecified atom stereocenters. The summed E-state index contributed by atoms with van der Waals surface area (Å²) >= 11 is 1.47. The molecule has 4 aromatic rings. The van der Waals surface area contributed by atoms with Crippen molar-refractivity contribution in [2.75, 3.05) is 26.0 Å². The SMILES string of the molecule is CN(C)CCCn1cc(-c2cc3nccc(Oc4ccc(NC(=O)NC5CC5)cc4F)c3s2)nn1. The molecule has 1 aliphatic carbocycles. The van der Waals surface area contributed by atoms with Gasteiger partial charge in [-0.15, -0.1) is 16.4 Å². The number of pyridine rings is 1. The molecule has 0 spiro atoms. The van der Waals surface area contributed by atoms with Gasteiger partial charge in [-0.2, -0.15) is 0 Å². The topological polar surface area (TPSA) is 97.2 Å². The highest BCUT2D eigenvalue weighted by Crippen LogP contribution is 2.39. The van der Waals surface area contributed by atoms with Crippen molar-refractivity contribution in [3.63, 3.8) is 0 Å². The standard InChI is InChI=1S/C24H26FN7O2S/c1-31(2)10-3-11-32-14-19(29-30-32)22-13-18-23(35-22)21(8-9-26-18)34-20-7-6-16(12-17(20)25)28-24(33)27-15-4-5-15/h6-9,12-15H,3-5,10-11H2,1-2H3,(H2,27,28,33). The average Bonchev–Trinajstić information content (AvgIpc) is 3.31. The zero-order chi connectivity index (χ0) is 24.4. The third-order valence-electron chi connectivity index (χ3n) is 5.48. The van der Waals surface area contributed by atoms with Crippen molar-refractivity contribution >= 4 is 33.3 Å². The van der Waals surface area contributed by atoms with Crippen LogP contribution in [0.25, 0.3) is 20.8 Å². The number of rotatable bonds is 9. The molecule has 0 aliphatic heterocycles. The second-order valence-electron chi connectivity index (χ2n) is 8.78. The zero-order valence-electron chi connectivity index (χ0n) is 19.5. The number of nitrogens with zero attached hydrogens (tertiary/aromatic N) is 5. The molecule has 0 bridgehead atoms. The summed E-state index contributed by atoms with van der Waals surface area (Å²) in [6.45, 7) is 1.76. The molecule has 35 heavy (non-hydrogen) atoms. The molecule has 0 saturated heterocycles. The van der Waals surface area contributed by atoms with Crippen molar-refractivity contribution in [3.8, 4) is 22.1 Å². The van der Waals surface area contributed by atoms with Crippen molar-refractivity contribution in [2.24, 2.45) is 0 Å². The van der Waals surface area contributed by atoms with Gasteiger partial charge in [-0.05, 0) is 58.1 Å². The summed E-state index contributed by atoms with van der Waals surface area (Å²) in [6.07, 6.45) is 6.49. The third kappa shape index (κ3) is 5.75. The summed E-state index contributed by atoms with van der Waals surface area (Å²) in [5.41, 5.74) is 1.86.